The molecule has 2 aromatic carbocycles. The summed E-state index contributed by atoms with van der Waals surface area (Å²) < 4.78 is 1.88. The van der Waals surface area contributed by atoms with Gasteiger partial charge in [-0.15, -0.1) is 0 Å². The molecule has 0 aliphatic carbocycles. The maximum atomic E-state index is 6.34. The average Bonchev–Trinajstić information content (AvgIpc) is 2.84. The number of hydrogen-bond acceptors (Lipinski definition) is 3. The Morgan fingerprint density at radius 1 is 0.952 bits per heavy atom. The summed E-state index contributed by atoms with van der Waals surface area (Å²) in [6.45, 7) is 0. The molecule has 4 nitrogen and oxygen atoms in total. The predicted molar refractivity (Wildman–Crippen MR) is 85.8 cm³/mol. The van der Waals surface area contributed by atoms with E-state index < -0.39 is 0 Å². The van der Waals surface area contributed by atoms with Gasteiger partial charge in [0.15, 0.2) is 0 Å². The monoisotopic (exact) mass is 294 g/mol. The van der Waals surface area contributed by atoms with Gasteiger partial charge in [0.25, 0.3) is 0 Å². The molecule has 0 unspecified atom stereocenters. The fraction of sp³-hybridized carbons (Fsp3) is 0. The van der Waals surface area contributed by atoms with Gasteiger partial charge in [-0.1, -0.05) is 23.7 Å². The zero-order valence-electron chi connectivity index (χ0n) is 11.0. The quantitative estimate of drug-likeness (QED) is 0.581. The van der Waals surface area contributed by atoms with E-state index in [0.29, 0.717) is 11.0 Å². The van der Waals surface area contributed by atoms with E-state index >= 15 is 0 Å². The van der Waals surface area contributed by atoms with E-state index in [1.54, 1.807) is 6.20 Å². The van der Waals surface area contributed by atoms with Gasteiger partial charge in [-0.05, 0) is 36.4 Å². The SMILES string of the molecule is Nc1nc2cccc(Cl)c2n1-c1cccc2ncccc12. The Kier molecular flexibility index (Phi) is 2.59. The Morgan fingerprint density at radius 3 is 2.67 bits per heavy atom. The number of halogens is 1. The lowest BCUT2D eigenvalue weighted by atomic mass is 10.1. The van der Waals surface area contributed by atoms with E-state index in [1.807, 2.05) is 53.1 Å². The molecule has 0 bridgehead atoms. The number of fused-ring (bicyclic) bond motifs is 2. The summed E-state index contributed by atoms with van der Waals surface area (Å²) in [4.78, 5) is 8.77. The molecule has 4 aromatic rings. The van der Waals surface area contributed by atoms with Crippen molar-refractivity contribution in [1.29, 1.82) is 0 Å². The minimum Gasteiger partial charge on any atom is -0.369 e. The summed E-state index contributed by atoms with van der Waals surface area (Å²) in [6, 6.07) is 15.4. The van der Waals surface area contributed by atoms with Crippen LogP contribution in [0.3, 0.4) is 0 Å². The molecule has 2 aromatic heterocycles. The van der Waals surface area contributed by atoms with Crippen molar-refractivity contribution >= 4 is 39.5 Å². The van der Waals surface area contributed by atoms with Crippen LogP contribution in [0.4, 0.5) is 5.95 Å². The number of hydrogen-bond donors (Lipinski definition) is 1. The van der Waals surface area contributed by atoms with Crippen LogP contribution in [0.2, 0.25) is 5.02 Å². The first-order valence-electron chi connectivity index (χ1n) is 6.52. The van der Waals surface area contributed by atoms with Crippen LogP contribution < -0.4 is 5.73 Å². The smallest absolute Gasteiger partial charge is 0.206 e. The molecule has 102 valence electrons. The minimum absolute atomic E-state index is 0.412. The number of rotatable bonds is 1. The standard InChI is InChI=1S/C16H11ClN4/c17-11-5-1-7-13-15(11)21(16(18)20-13)14-8-2-6-12-10(14)4-3-9-19-12/h1-9H,(H2,18,20). The van der Waals surface area contributed by atoms with Gasteiger partial charge in [-0.25, -0.2) is 4.98 Å². The van der Waals surface area contributed by atoms with Crippen LogP contribution in [-0.2, 0) is 0 Å². The number of anilines is 1. The lowest BCUT2D eigenvalue weighted by Crippen LogP contribution is -2.01. The second-order valence-electron chi connectivity index (χ2n) is 4.76. The highest BCUT2D eigenvalue weighted by molar-refractivity contribution is 6.35. The van der Waals surface area contributed by atoms with Crippen molar-refractivity contribution in [2.45, 2.75) is 0 Å². The number of nitrogens with zero attached hydrogens (tertiary/aromatic N) is 3. The van der Waals surface area contributed by atoms with E-state index in [-0.39, 0.29) is 0 Å². The van der Waals surface area contributed by atoms with Crippen LogP contribution in [-0.4, -0.2) is 14.5 Å². The molecule has 2 heterocycles. The van der Waals surface area contributed by atoms with Gasteiger partial charge in [0.2, 0.25) is 5.95 Å². The Bertz CT molecular complexity index is 969. The first-order chi connectivity index (χ1) is 10.3. The lowest BCUT2D eigenvalue weighted by molar-refractivity contribution is 1.12. The molecular weight excluding hydrogens is 284 g/mol. The molecule has 5 heteroatoms. The van der Waals surface area contributed by atoms with Gasteiger partial charge < -0.3 is 5.73 Å². The number of imidazole rings is 1. The topological polar surface area (TPSA) is 56.7 Å². The van der Waals surface area contributed by atoms with Crippen molar-refractivity contribution in [2.75, 3.05) is 5.73 Å². The third kappa shape index (κ3) is 1.76. The Labute approximate surface area is 125 Å². The van der Waals surface area contributed by atoms with Crippen LogP contribution in [0.25, 0.3) is 27.6 Å². The van der Waals surface area contributed by atoms with Crippen LogP contribution in [0, 0.1) is 0 Å². The average molecular weight is 295 g/mol. The number of pyridine rings is 1. The van der Waals surface area contributed by atoms with Gasteiger partial charge in [-0.3, -0.25) is 9.55 Å². The largest absolute Gasteiger partial charge is 0.369 e. The van der Waals surface area contributed by atoms with Gasteiger partial charge in [-0.2, -0.15) is 0 Å². The van der Waals surface area contributed by atoms with E-state index in [1.165, 1.54) is 0 Å². The van der Waals surface area contributed by atoms with E-state index in [0.717, 1.165) is 27.6 Å². The molecule has 0 saturated heterocycles. The van der Waals surface area contributed by atoms with Gasteiger partial charge in [0.05, 0.1) is 27.3 Å². The zero-order chi connectivity index (χ0) is 14.4. The van der Waals surface area contributed by atoms with E-state index in [9.17, 15) is 0 Å². The van der Waals surface area contributed by atoms with Crippen molar-refractivity contribution in [3.8, 4) is 5.69 Å². The molecule has 0 aliphatic heterocycles. The molecule has 0 atom stereocenters. The Balaban J connectivity index is 2.17. The summed E-state index contributed by atoms with van der Waals surface area (Å²) in [5.74, 6) is 0.412. The zero-order valence-corrected chi connectivity index (χ0v) is 11.7. The highest BCUT2D eigenvalue weighted by atomic mass is 35.5. The van der Waals surface area contributed by atoms with Crippen LogP contribution >= 0.6 is 11.6 Å². The summed E-state index contributed by atoms with van der Waals surface area (Å²) in [6.07, 6.45) is 1.77. The summed E-state index contributed by atoms with van der Waals surface area (Å²) in [5.41, 5.74) is 9.54. The predicted octanol–water partition coefficient (Wildman–Crippen LogP) is 3.81. The fourth-order valence-corrected chi connectivity index (χ4v) is 2.88. The number of benzene rings is 2. The molecule has 0 saturated carbocycles. The van der Waals surface area contributed by atoms with Crippen molar-refractivity contribution in [3.63, 3.8) is 0 Å². The van der Waals surface area contributed by atoms with Crippen LogP contribution in [0.15, 0.2) is 54.7 Å². The molecule has 0 spiro atoms. The van der Waals surface area contributed by atoms with Crippen molar-refractivity contribution in [3.05, 3.63) is 59.8 Å². The summed E-state index contributed by atoms with van der Waals surface area (Å²) >= 11 is 6.34. The molecule has 0 amide bonds. The van der Waals surface area contributed by atoms with Crippen molar-refractivity contribution in [2.24, 2.45) is 0 Å². The van der Waals surface area contributed by atoms with Gasteiger partial charge in [0.1, 0.15) is 0 Å². The Morgan fingerprint density at radius 2 is 1.76 bits per heavy atom. The molecule has 0 fully saturated rings. The van der Waals surface area contributed by atoms with Crippen LogP contribution in [0.1, 0.15) is 0 Å². The second kappa shape index (κ2) is 4.46. The van der Waals surface area contributed by atoms with Crippen molar-refractivity contribution < 1.29 is 0 Å². The van der Waals surface area contributed by atoms with E-state index in [4.69, 9.17) is 17.3 Å². The van der Waals surface area contributed by atoms with Crippen LogP contribution in [0.5, 0.6) is 0 Å². The number of nitrogen functional groups attached to an aromatic ring is 1. The molecular formula is C16H11ClN4. The number of para-hydroxylation sites is 1. The normalized spacial score (nSPS) is 11.3. The second-order valence-corrected chi connectivity index (χ2v) is 5.17. The third-order valence-corrected chi connectivity index (χ3v) is 3.82. The third-order valence-electron chi connectivity index (χ3n) is 3.52. The number of aromatic nitrogens is 3. The molecule has 0 aliphatic rings. The van der Waals surface area contributed by atoms with Gasteiger partial charge >= 0.3 is 0 Å². The molecule has 2 N–H and O–H groups in total. The summed E-state index contributed by atoms with van der Waals surface area (Å²) in [7, 11) is 0. The molecule has 4 rings (SSSR count). The highest BCUT2D eigenvalue weighted by Crippen LogP contribution is 2.31. The maximum absolute atomic E-state index is 6.34. The fourth-order valence-electron chi connectivity index (χ4n) is 2.63. The first-order valence-corrected chi connectivity index (χ1v) is 6.90. The molecule has 0 radical (unpaired) electrons. The first kappa shape index (κ1) is 12.2. The van der Waals surface area contributed by atoms with Crippen molar-refractivity contribution in [1.82, 2.24) is 14.5 Å². The molecule has 21 heavy (non-hydrogen) atoms. The maximum Gasteiger partial charge on any atom is 0.206 e. The van der Waals surface area contributed by atoms with E-state index in [2.05, 4.69) is 9.97 Å². The number of nitrogens with two attached hydrogens (primary N) is 1. The Hall–Kier alpha value is -2.59. The lowest BCUT2D eigenvalue weighted by Gasteiger charge is -2.10. The minimum atomic E-state index is 0.412. The van der Waals surface area contributed by atoms with Gasteiger partial charge in [0, 0.05) is 11.6 Å². The highest BCUT2D eigenvalue weighted by Gasteiger charge is 2.14. The summed E-state index contributed by atoms with van der Waals surface area (Å²) in [5, 5.41) is 1.63.